The number of hydrogen-bond donors (Lipinski definition) is 1. The van der Waals surface area contributed by atoms with Crippen molar-refractivity contribution in [3.63, 3.8) is 0 Å². The summed E-state index contributed by atoms with van der Waals surface area (Å²) in [7, 11) is 0. The van der Waals surface area contributed by atoms with Crippen LogP contribution in [0.1, 0.15) is 12.5 Å². The Morgan fingerprint density at radius 1 is 1.50 bits per heavy atom. The molecule has 0 bridgehead atoms. The van der Waals surface area contributed by atoms with Gasteiger partial charge in [0, 0.05) is 41.6 Å². The van der Waals surface area contributed by atoms with E-state index >= 15 is 0 Å². The molecule has 5 heteroatoms. The molecule has 0 aliphatic carbocycles. The number of piperazine rings is 1. The lowest BCUT2D eigenvalue weighted by molar-refractivity contribution is 0.198. The van der Waals surface area contributed by atoms with Gasteiger partial charge in [-0.15, -0.1) is 24.2 Å². The molecule has 0 spiro atoms. The highest BCUT2D eigenvalue weighted by atomic mass is 79.9. The van der Waals surface area contributed by atoms with E-state index in [1.165, 1.54) is 14.9 Å². The van der Waals surface area contributed by atoms with Gasteiger partial charge in [0.15, 0.2) is 0 Å². The second-order valence-corrected chi connectivity index (χ2v) is 6.31. The zero-order valence-electron chi connectivity index (χ0n) is 10.8. The maximum Gasteiger partial charge on any atom is 0.0246 e. The monoisotopic (exact) mass is 350 g/mol. The maximum atomic E-state index is 3.53. The van der Waals surface area contributed by atoms with Gasteiger partial charge in [0.1, 0.15) is 0 Å². The first-order valence-electron chi connectivity index (χ1n) is 5.97. The van der Waals surface area contributed by atoms with Gasteiger partial charge in [-0.05, 0) is 30.9 Å². The molecule has 0 unspecified atom stereocenters. The minimum absolute atomic E-state index is 0. The molecule has 18 heavy (non-hydrogen) atoms. The average Bonchev–Trinajstić information content (AvgIpc) is 2.31. The van der Waals surface area contributed by atoms with E-state index < -0.39 is 0 Å². The quantitative estimate of drug-likeness (QED) is 0.840. The molecule has 2 nitrogen and oxygen atoms in total. The average molecular weight is 352 g/mol. The van der Waals surface area contributed by atoms with Crippen LogP contribution in [0.4, 0.5) is 0 Å². The van der Waals surface area contributed by atoms with Gasteiger partial charge >= 0.3 is 0 Å². The minimum Gasteiger partial charge on any atom is -0.312 e. The number of rotatable bonds is 3. The van der Waals surface area contributed by atoms with Gasteiger partial charge in [0.25, 0.3) is 0 Å². The highest BCUT2D eigenvalue weighted by molar-refractivity contribution is 9.10. The molecule has 1 aromatic carbocycles. The Kier molecular flexibility index (Phi) is 7.03. The minimum atomic E-state index is 0. The predicted octanol–water partition coefficient (Wildman–Crippen LogP) is 3.39. The van der Waals surface area contributed by atoms with E-state index in [0.29, 0.717) is 6.04 Å². The summed E-state index contributed by atoms with van der Waals surface area (Å²) >= 11 is 5.36. The Balaban J connectivity index is 0.00000162. The third kappa shape index (κ3) is 4.42. The molecule has 1 aliphatic heterocycles. The summed E-state index contributed by atoms with van der Waals surface area (Å²) in [6.07, 6.45) is 2.14. The van der Waals surface area contributed by atoms with Crippen LogP contribution in [0.5, 0.6) is 0 Å². The molecule has 1 heterocycles. The van der Waals surface area contributed by atoms with E-state index in [1.54, 1.807) is 0 Å². The topological polar surface area (TPSA) is 15.3 Å². The van der Waals surface area contributed by atoms with Crippen LogP contribution in [0.2, 0.25) is 0 Å². The van der Waals surface area contributed by atoms with E-state index in [-0.39, 0.29) is 12.4 Å². The van der Waals surface area contributed by atoms with Crippen molar-refractivity contribution in [2.45, 2.75) is 24.4 Å². The van der Waals surface area contributed by atoms with Crippen LogP contribution in [-0.2, 0) is 6.54 Å². The van der Waals surface area contributed by atoms with Gasteiger partial charge < -0.3 is 5.32 Å². The van der Waals surface area contributed by atoms with Gasteiger partial charge in [0.2, 0.25) is 0 Å². The molecule has 0 aromatic heterocycles. The Morgan fingerprint density at radius 3 is 2.94 bits per heavy atom. The highest BCUT2D eigenvalue weighted by Crippen LogP contribution is 2.26. The fraction of sp³-hybridized carbons (Fsp3) is 0.538. The second-order valence-electron chi connectivity index (χ2n) is 4.55. The summed E-state index contributed by atoms with van der Waals surface area (Å²) in [5.74, 6) is 0. The molecule has 1 aliphatic rings. The summed E-state index contributed by atoms with van der Waals surface area (Å²) in [6.45, 7) is 6.71. The first kappa shape index (κ1) is 16.3. The highest BCUT2D eigenvalue weighted by Gasteiger charge is 2.16. The Bertz CT molecular complexity index is 389. The number of benzene rings is 1. The number of thioether (sulfide) groups is 1. The molecule has 1 aromatic rings. The van der Waals surface area contributed by atoms with Crippen LogP contribution in [0, 0.1) is 0 Å². The Hall–Kier alpha value is 0.260. The Morgan fingerprint density at radius 2 is 2.28 bits per heavy atom. The lowest BCUT2D eigenvalue weighted by atomic mass is 10.1. The predicted molar refractivity (Wildman–Crippen MR) is 85.9 cm³/mol. The lowest BCUT2D eigenvalue weighted by Crippen LogP contribution is -2.48. The fourth-order valence-corrected chi connectivity index (χ4v) is 3.40. The van der Waals surface area contributed by atoms with Crippen molar-refractivity contribution in [1.29, 1.82) is 0 Å². The molecular weight excluding hydrogens is 332 g/mol. The normalized spacial score (nSPS) is 20.5. The van der Waals surface area contributed by atoms with Crippen LogP contribution in [0.3, 0.4) is 0 Å². The molecule has 0 amide bonds. The van der Waals surface area contributed by atoms with Crippen molar-refractivity contribution >= 4 is 40.1 Å². The molecule has 1 atom stereocenters. The van der Waals surface area contributed by atoms with Crippen molar-refractivity contribution in [3.05, 3.63) is 28.2 Å². The number of halogens is 2. The largest absolute Gasteiger partial charge is 0.312 e. The Labute approximate surface area is 128 Å². The first-order valence-corrected chi connectivity index (χ1v) is 7.99. The summed E-state index contributed by atoms with van der Waals surface area (Å²) < 4.78 is 1.17. The third-order valence-corrected chi connectivity index (χ3v) is 4.41. The zero-order chi connectivity index (χ0) is 12.3. The van der Waals surface area contributed by atoms with Crippen LogP contribution in [0.25, 0.3) is 0 Å². The fourth-order valence-electron chi connectivity index (χ4n) is 2.25. The van der Waals surface area contributed by atoms with Crippen molar-refractivity contribution in [3.8, 4) is 0 Å². The van der Waals surface area contributed by atoms with E-state index in [4.69, 9.17) is 0 Å². The first-order chi connectivity index (χ1) is 8.19. The van der Waals surface area contributed by atoms with Gasteiger partial charge in [-0.1, -0.05) is 22.0 Å². The van der Waals surface area contributed by atoms with Gasteiger partial charge in [-0.2, -0.15) is 0 Å². The smallest absolute Gasteiger partial charge is 0.0246 e. The zero-order valence-corrected chi connectivity index (χ0v) is 14.0. The molecule has 0 saturated carbocycles. The molecule has 2 rings (SSSR count). The van der Waals surface area contributed by atoms with Crippen LogP contribution < -0.4 is 5.32 Å². The molecule has 1 N–H and O–H groups in total. The van der Waals surface area contributed by atoms with E-state index in [2.05, 4.69) is 57.5 Å². The number of hydrogen-bond acceptors (Lipinski definition) is 3. The summed E-state index contributed by atoms with van der Waals surface area (Å²) in [4.78, 5) is 3.91. The van der Waals surface area contributed by atoms with Gasteiger partial charge in [-0.3, -0.25) is 4.90 Å². The number of nitrogens with one attached hydrogen (secondary N) is 1. The van der Waals surface area contributed by atoms with Crippen LogP contribution in [-0.4, -0.2) is 36.8 Å². The summed E-state index contributed by atoms with van der Waals surface area (Å²) in [6, 6.07) is 7.20. The molecule has 1 fully saturated rings. The standard InChI is InChI=1S/C13H19BrN2S.ClH/c1-10-8-16(6-5-15-10)9-11-3-4-12(14)7-13(11)17-2;/h3-4,7,10,15H,5-6,8-9H2,1-2H3;1H/t10-;/m0./s1. The lowest BCUT2D eigenvalue weighted by Gasteiger charge is -2.32. The third-order valence-electron chi connectivity index (χ3n) is 3.10. The van der Waals surface area contributed by atoms with Crippen molar-refractivity contribution in [2.24, 2.45) is 0 Å². The van der Waals surface area contributed by atoms with E-state index in [9.17, 15) is 0 Å². The van der Waals surface area contributed by atoms with Crippen LogP contribution >= 0.6 is 40.1 Å². The molecular formula is C13H20BrClN2S. The van der Waals surface area contributed by atoms with Crippen molar-refractivity contribution in [2.75, 3.05) is 25.9 Å². The van der Waals surface area contributed by atoms with Crippen molar-refractivity contribution < 1.29 is 0 Å². The summed E-state index contributed by atoms with van der Waals surface area (Å²) in [5.41, 5.74) is 1.44. The van der Waals surface area contributed by atoms with E-state index in [1.807, 2.05) is 11.8 Å². The van der Waals surface area contributed by atoms with Gasteiger partial charge in [-0.25, -0.2) is 0 Å². The second kappa shape index (κ2) is 7.75. The maximum absolute atomic E-state index is 3.53. The number of nitrogens with zero attached hydrogens (tertiary/aromatic N) is 1. The SMILES string of the molecule is CSc1cc(Br)ccc1CN1CCN[C@@H](C)C1.Cl. The summed E-state index contributed by atoms with van der Waals surface area (Å²) in [5, 5.41) is 3.48. The van der Waals surface area contributed by atoms with Crippen molar-refractivity contribution in [1.82, 2.24) is 10.2 Å². The molecule has 1 saturated heterocycles. The van der Waals surface area contributed by atoms with Crippen LogP contribution in [0.15, 0.2) is 27.6 Å². The van der Waals surface area contributed by atoms with Gasteiger partial charge in [0.05, 0.1) is 0 Å². The van der Waals surface area contributed by atoms with E-state index in [0.717, 1.165) is 26.2 Å². The molecule has 102 valence electrons. The molecule has 0 radical (unpaired) electrons.